The van der Waals surface area contributed by atoms with Crippen molar-refractivity contribution >= 4 is 42.6 Å². The van der Waals surface area contributed by atoms with E-state index in [-0.39, 0.29) is 10.8 Å². The lowest BCUT2D eigenvalue weighted by Crippen LogP contribution is -2.48. The molecule has 10 heteroatoms. The smallest absolute Gasteiger partial charge is 0.253 e. The number of thiazole rings is 1. The number of aromatic nitrogens is 1. The summed E-state index contributed by atoms with van der Waals surface area (Å²) < 4.78 is 34.4. The van der Waals surface area contributed by atoms with E-state index in [2.05, 4.69) is 11.0 Å². The minimum Gasteiger partial charge on any atom is -0.497 e. The molecule has 2 aliphatic heterocycles. The number of nitrogens with zero attached hydrogens (tertiary/aromatic N) is 4. The number of ether oxygens (including phenoxy) is 1. The first-order valence-electron chi connectivity index (χ1n) is 12.6. The van der Waals surface area contributed by atoms with Gasteiger partial charge in [0, 0.05) is 44.8 Å². The molecule has 2 aliphatic rings. The molecule has 3 heterocycles. The molecular weight excluding hydrogens is 520 g/mol. The molecule has 0 radical (unpaired) electrons. The SMILES string of the molecule is COc1ccc2nc(N3CCN(C(=O)c4ccc(S(=O)(=O)N5CCc6ccccc6C5)cc4)CC3)sc2c1. The average Bonchev–Trinajstić information content (AvgIpc) is 3.40. The van der Waals surface area contributed by atoms with Gasteiger partial charge in [-0.2, -0.15) is 4.31 Å². The van der Waals surface area contributed by atoms with Gasteiger partial charge in [-0.1, -0.05) is 35.6 Å². The van der Waals surface area contributed by atoms with Gasteiger partial charge in [-0.15, -0.1) is 0 Å². The standard InChI is InChI=1S/C28H28N4O4S2/c1-36-23-8-11-25-26(18-23)37-28(29-25)31-16-14-30(15-17-31)27(33)21-6-9-24(10-7-21)38(34,35)32-13-12-20-4-2-3-5-22(20)19-32/h2-11,18H,12-17,19H2,1H3. The van der Waals surface area contributed by atoms with E-state index in [1.54, 1.807) is 42.7 Å². The Labute approximate surface area is 226 Å². The summed E-state index contributed by atoms with van der Waals surface area (Å²) in [4.78, 5) is 22.2. The predicted octanol–water partition coefficient (Wildman–Crippen LogP) is 4.01. The molecule has 0 atom stereocenters. The number of amides is 1. The number of hydrogen-bond acceptors (Lipinski definition) is 7. The Balaban J connectivity index is 1.10. The third-order valence-electron chi connectivity index (χ3n) is 7.26. The van der Waals surface area contributed by atoms with Crippen molar-refractivity contribution in [2.45, 2.75) is 17.9 Å². The van der Waals surface area contributed by atoms with Gasteiger partial charge in [0.05, 0.1) is 22.2 Å². The van der Waals surface area contributed by atoms with Crippen molar-refractivity contribution in [2.24, 2.45) is 0 Å². The van der Waals surface area contributed by atoms with Crippen LogP contribution in [0.5, 0.6) is 5.75 Å². The maximum absolute atomic E-state index is 13.3. The second kappa shape index (κ2) is 10.0. The molecule has 3 aromatic carbocycles. The zero-order chi connectivity index (χ0) is 26.3. The summed E-state index contributed by atoms with van der Waals surface area (Å²) in [6.07, 6.45) is 0.698. The Morgan fingerprint density at radius 3 is 2.39 bits per heavy atom. The second-order valence-electron chi connectivity index (χ2n) is 9.49. The monoisotopic (exact) mass is 548 g/mol. The number of carbonyl (C=O) groups is 1. The molecule has 0 aliphatic carbocycles. The van der Waals surface area contributed by atoms with Gasteiger partial charge < -0.3 is 14.5 Å². The van der Waals surface area contributed by atoms with Crippen molar-refractivity contribution in [3.63, 3.8) is 0 Å². The van der Waals surface area contributed by atoms with Gasteiger partial charge in [0.25, 0.3) is 5.91 Å². The summed E-state index contributed by atoms with van der Waals surface area (Å²) in [6, 6.07) is 20.2. The van der Waals surface area contributed by atoms with Crippen LogP contribution < -0.4 is 9.64 Å². The third-order valence-corrected chi connectivity index (χ3v) is 10.2. The molecule has 196 valence electrons. The fourth-order valence-corrected chi connectivity index (χ4v) is 7.50. The van der Waals surface area contributed by atoms with Crippen molar-refractivity contribution < 1.29 is 17.9 Å². The van der Waals surface area contributed by atoms with E-state index in [1.807, 2.05) is 41.3 Å². The number of fused-ring (bicyclic) bond motifs is 2. The quantitative estimate of drug-likeness (QED) is 0.375. The van der Waals surface area contributed by atoms with Crippen molar-refractivity contribution in [3.05, 3.63) is 83.4 Å². The van der Waals surface area contributed by atoms with Gasteiger partial charge in [0.2, 0.25) is 10.0 Å². The van der Waals surface area contributed by atoms with Gasteiger partial charge in [0.1, 0.15) is 5.75 Å². The Bertz CT molecular complexity index is 1590. The Morgan fingerprint density at radius 2 is 1.66 bits per heavy atom. The maximum Gasteiger partial charge on any atom is 0.253 e. The summed E-state index contributed by atoms with van der Waals surface area (Å²) in [7, 11) is -1.99. The molecule has 4 aromatic rings. The Morgan fingerprint density at radius 1 is 0.921 bits per heavy atom. The number of benzene rings is 3. The molecule has 8 nitrogen and oxygen atoms in total. The lowest BCUT2D eigenvalue weighted by Gasteiger charge is -2.34. The van der Waals surface area contributed by atoms with Crippen LogP contribution in [0.2, 0.25) is 0 Å². The van der Waals surface area contributed by atoms with Gasteiger partial charge >= 0.3 is 0 Å². The topological polar surface area (TPSA) is 83.0 Å². The molecule has 1 aromatic heterocycles. The maximum atomic E-state index is 13.3. The van der Waals surface area contributed by atoms with Crippen molar-refractivity contribution in [3.8, 4) is 5.75 Å². The summed E-state index contributed by atoms with van der Waals surface area (Å²) in [5.41, 5.74) is 3.67. The Hall–Kier alpha value is -3.47. The summed E-state index contributed by atoms with van der Waals surface area (Å²) in [5, 5.41) is 0.940. The number of hydrogen-bond donors (Lipinski definition) is 0. The molecule has 1 fully saturated rings. The molecule has 0 saturated carbocycles. The fraction of sp³-hybridized carbons (Fsp3) is 0.286. The highest BCUT2D eigenvalue weighted by Gasteiger charge is 2.29. The van der Waals surface area contributed by atoms with E-state index in [0.717, 1.165) is 26.7 Å². The number of carbonyl (C=O) groups excluding carboxylic acids is 1. The van der Waals surface area contributed by atoms with Crippen LogP contribution in [0.15, 0.2) is 71.6 Å². The molecule has 0 unspecified atom stereocenters. The molecular formula is C28H28N4O4S2. The summed E-state index contributed by atoms with van der Waals surface area (Å²) in [6.45, 7) is 3.34. The van der Waals surface area contributed by atoms with E-state index in [1.165, 1.54) is 9.87 Å². The van der Waals surface area contributed by atoms with Crippen LogP contribution in [0.1, 0.15) is 21.5 Å². The summed E-state index contributed by atoms with van der Waals surface area (Å²) in [5.74, 6) is 0.720. The van der Waals surface area contributed by atoms with Crippen LogP contribution in [0.3, 0.4) is 0 Å². The van der Waals surface area contributed by atoms with Gasteiger partial charge in [-0.05, 0) is 60.0 Å². The zero-order valence-electron chi connectivity index (χ0n) is 21.0. The van der Waals surface area contributed by atoms with E-state index < -0.39 is 10.0 Å². The van der Waals surface area contributed by atoms with Crippen LogP contribution in [-0.2, 0) is 23.0 Å². The predicted molar refractivity (Wildman–Crippen MR) is 148 cm³/mol. The molecule has 38 heavy (non-hydrogen) atoms. The van der Waals surface area contributed by atoms with Gasteiger partial charge in [-0.3, -0.25) is 4.79 Å². The van der Waals surface area contributed by atoms with Crippen LogP contribution >= 0.6 is 11.3 Å². The van der Waals surface area contributed by atoms with E-state index >= 15 is 0 Å². The largest absolute Gasteiger partial charge is 0.497 e. The minimum absolute atomic E-state index is 0.0884. The molecule has 1 amide bonds. The van der Waals surface area contributed by atoms with Crippen LogP contribution in [-0.4, -0.2) is 68.3 Å². The lowest BCUT2D eigenvalue weighted by atomic mass is 10.0. The van der Waals surface area contributed by atoms with E-state index in [9.17, 15) is 13.2 Å². The first-order chi connectivity index (χ1) is 18.4. The van der Waals surface area contributed by atoms with Crippen LogP contribution in [0, 0.1) is 0 Å². The van der Waals surface area contributed by atoms with Crippen molar-refractivity contribution in [1.82, 2.24) is 14.2 Å². The van der Waals surface area contributed by atoms with E-state index in [4.69, 9.17) is 9.72 Å². The first kappa shape index (κ1) is 24.8. The van der Waals surface area contributed by atoms with Crippen LogP contribution in [0.25, 0.3) is 10.2 Å². The minimum atomic E-state index is -3.64. The highest BCUT2D eigenvalue weighted by molar-refractivity contribution is 7.89. The fourth-order valence-electron chi connectivity index (χ4n) is 5.03. The molecule has 1 saturated heterocycles. The number of methoxy groups -OCH3 is 1. The second-order valence-corrected chi connectivity index (χ2v) is 12.4. The van der Waals surface area contributed by atoms with Gasteiger partial charge in [0.15, 0.2) is 5.13 Å². The third kappa shape index (κ3) is 4.63. The number of anilines is 1. The normalized spacial score (nSPS) is 16.4. The number of rotatable bonds is 5. The summed E-state index contributed by atoms with van der Waals surface area (Å²) >= 11 is 1.62. The van der Waals surface area contributed by atoms with Gasteiger partial charge in [-0.25, -0.2) is 13.4 Å². The van der Waals surface area contributed by atoms with E-state index in [0.29, 0.717) is 51.3 Å². The number of sulfonamides is 1. The highest BCUT2D eigenvalue weighted by Crippen LogP contribution is 2.32. The first-order valence-corrected chi connectivity index (χ1v) is 14.8. The molecule has 0 bridgehead atoms. The van der Waals surface area contributed by atoms with Crippen molar-refractivity contribution in [1.29, 1.82) is 0 Å². The zero-order valence-corrected chi connectivity index (χ0v) is 22.7. The average molecular weight is 549 g/mol. The lowest BCUT2D eigenvalue weighted by molar-refractivity contribution is 0.0746. The van der Waals surface area contributed by atoms with Crippen molar-refractivity contribution in [2.75, 3.05) is 44.7 Å². The molecule has 0 N–H and O–H groups in total. The molecule has 0 spiro atoms. The Kier molecular flexibility index (Phi) is 6.55. The molecule has 6 rings (SSSR count). The number of piperazine rings is 1. The van der Waals surface area contributed by atoms with Crippen LogP contribution in [0.4, 0.5) is 5.13 Å². The highest BCUT2D eigenvalue weighted by atomic mass is 32.2.